The van der Waals surface area contributed by atoms with Gasteiger partial charge in [0.2, 0.25) is 0 Å². The van der Waals surface area contributed by atoms with Gasteiger partial charge in [0.1, 0.15) is 12.1 Å². The summed E-state index contributed by atoms with van der Waals surface area (Å²) in [6.07, 6.45) is 2.68. The molecule has 1 aromatic rings. The molecule has 0 spiro atoms. The molecule has 0 aromatic heterocycles. The van der Waals surface area contributed by atoms with E-state index in [2.05, 4.69) is 0 Å². The molecule has 0 saturated carbocycles. The lowest BCUT2D eigenvalue weighted by atomic mass is 10.0. The summed E-state index contributed by atoms with van der Waals surface area (Å²) in [7, 11) is 1.51. The molecule has 1 aliphatic rings. The molecular formula is C19H27NO5. The van der Waals surface area contributed by atoms with E-state index in [1.807, 2.05) is 30.3 Å². The molecule has 1 fully saturated rings. The van der Waals surface area contributed by atoms with Gasteiger partial charge in [-0.05, 0) is 31.7 Å². The maximum Gasteiger partial charge on any atom is 0.326 e. The van der Waals surface area contributed by atoms with Gasteiger partial charge in [0.25, 0.3) is 5.91 Å². The Labute approximate surface area is 148 Å². The van der Waals surface area contributed by atoms with Crippen molar-refractivity contribution in [3.63, 3.8) is 0 Å². The van der Waals surface area contributed by atoms with Crippen molar-refractivity contribution < 1.29 is 24.2 Å². The Bertz CT molecular complexity index is 556. The molecule has 3 unspecified atom stereocenters. The number of rotatable bonds is 8. The van der Waals surface area contributed by atoms with E-state index in [1.165, 1.54) is 11.9 Å². The van der Waals surface area contributed by atoms with Crippen LogP contribution in [0.4, 0.5) is 0 Å². The summed E-state index contributed by atoms with van der Waals surface area (Å²) in [5, 5.41) is 9.51. The minimum atomic E-state index is -1.03. The highest BCUT2D eigenvalue weighted by atomic mass is 16.5. The molecule has 1 aliphatic heterocycles. The maximum atomic E-state index is 12.5. The molecule has 0 aliphatic carbocycles. The Hall–Kier alpha value is -1.92. The van der Waals surface area contributed by atoms with Gasteiger partial charge in [-0.15, -0.1) is 0 Å². The Kier molecular flexibility index (Phi) is 7.40. The monoisotopic (exact) mass is 349 g/mol. The molecule has 1 aromatic carbocycles. The molecule has 0 bridgehead atoms. The molecule has 0 radical (unpaired) electrons. The zero-order valence-electron chi connectivity index (χ0n) is 14.9. The standard InChI is InChI=1S/C19H27NO5/c1-14(25-13-16-10-6-7-11-24-16)18(21)20(2)17(19(22)23)12-15-8-4-3-5-9-15/h3-5,8-9,14,16-17H,6-7,10-13H2,1-2H3,(H,22,23). The van der Waals surface area contributed by atoms with Crippen molar-refractivity contribution in [1.29, 1.82) is 0 Å². The van der Waals surface area contributed by atoms with E-state index in [9.17, 15) is 14.7 Å². The molecule has 6 heteroatoms. The fraction of sp³-hybridized carbons (Fsp3) is 0.579. The average Bonchev–Trinajstić information content (AvgIpc) is 2.64. The molecule has 138 valence electrons. The number of benzene rings is 1. The minimum absolute atomic E-state index is 0.0221. The maximum absolute atomic E-state index is 12.5. The summed E-state index contributed by atoms with van der Waals surface area (Å²) in [4.78, 5) is 25.4. The third kappa shape index (κ3) is 5.83. The summed E-state index contributed by atoms with van der Waals surface area (Å²) in [6.45, 7) is 2.74. The van der Waals surface area contributed by atoms with Crippen LogP contribution in [0.5, 0.6) is 0 Å². The molecule has 3 atom stereocenters. The van der Waals surface area contributed by atoms with E-state index >= 15 is 0 Å². The van der Waals surface area contributed by atoms with Gasteiger partial charge in [0.05, 0.1) is 12.7 Å². The number of likely N-dealkylation sites (N-methyl/N-ethyl adjacent to an activating group) is 1. The van der Waals surface area contributed by atoms with Gasteiger partial charge >= 0.3 is 5.97 Å². The minimum Gasteiger partial charge on any atom is -0.480 e. The van der Waals surface area contributed by atoms with Gasteiger partial charge in [-0.25, -0.2) is 4.79 Å². The fourth-order valence-electron chi connectivity index (χ4n) is 2.93. The number of amides is 1. The third-order valence-electron chi connectivity index (χ3n) is 4.53. The van der Waals surface area contributed by atoms with Crippen LogP contribution in [0.25, 0.3) is 0 Å². The summed E-state index contributed by atoms with van der Waals surface area (Å²) < 4.78 is 11.2. The smallest absolute Gasteiger partial charge is 0.326 e. The number of carbonyl (C=O) groups excluding carboxylic acids is 1. The lowest BCUT2D eigenvalue weighted by Crippen LogP contribution is -2.48. The highest BCUT2D eigenvalue weighted by molar-refractivity contribution is 5.86. The van der Waals surface area contributed by atoms with Crippen LogP contribution in [-0.2, 0) is 25.5 Å². The lowest BCUT2D eigenvalue weighted by molar-refractivity contribution is -0.155. The Morgan fingerprint density at radius 3 is 2.64 bits per heavy atom. The fourth-order valence-corrected chi connectivity index (χ4v) is 2.93. The van der Waals surface area contributed by atoms with Crippen molar-refractivity contribution in [2.24, 2.45) is 0 Å². The number of hydrogen-bond donors (Lipinski definition) is 1. The van der Waals surface area contributed by atoms with Gasteiger partial charge < -0.3 is 19.5 Å². The number of nitrogens with zero attached hydrogens (tertiary/aromatic N) is 1. The van der Waals surface area contributed by atoms with Crippen LogP contribution >= 0.6 is 0 Å². The number of ether oxygens (including phenoxy) is 2. The lowest BCUT2D eigenvalue weighted by Gasteiger charge is -2.29. The number of carbonyl (C=O) groups is 2. The second kappa shape index (κ2) is 9.53. The molecule has 25 heavy (non-hydrogen) atoms. The predicted molar refractivity (Wildman–Crippen MR) is 93.3 cm³/mol. The quantitative estimate of drug-likeness (QED) is 0.778. The number of aliphatic carboxylic acids is 1. The van der Waals surface area contributed by atoms with Crippen LogP contribution in [0, 0.1) is 0 Å². The summed E-state index contributed by atoms with van der Waals surface area (Å²) >= 11 is 0. The van der Waals surface area contributed by atoms with Crippen LogP contribution in [0.1, 0.15) is 31.7 Å². The third-order valence-corrected chi connectivity index (χ3v) is 4.53. The van der Waals surface area contributed by atoms with Gasteiger partial charge in [-0.1, -0.05) is 30.3 Å². The summed E-state index contributed by atoms with van der Waals surface area (Å²) in [6, 6.07) is 8.37. The van der Waals surface area contributed by atoms with Gasteiger partial charge in [0.15, 0.2) is 0 Å². The van der Waals surface area contributed by atoms with E-state index in [-0.39, 0.29) is 18.4 Å². The Morgan fingerprint density at radius 2 is 2.04 bits per heavy atom. The largest absolute Gasteiger partial charge is 0.480 e. The van der Waals surface area contributed by atoms with Crippen molar-refractivity contribution in [2.45, 2.75) is 50.9 Å². The second-order valence-electron chi connectivity index (χ2n) is 6.46. The Balaban J connectivity index is 1.91. The SMILES string of the molecule is CC(OCC1CCCCO1)C(=O)N(C)C(Cc1ccccc1)C(=O)O. The van der Waals surface area contributed by atoms with Crippen molar-refractivity contribution in [3.8, 4) is 0 Å². The average molecular weight is 349 g/mol. The van der Waals surface area contributed by atoms with Crippen molar-refractivity contribution in [1.82, 2.24) is 4.90 Å². The van der Waals surface area contributed by atoms with E-state index in [0.717, 1.165) is 31.4 Å². The van der Waals surface area contributed by atoms with Crippen molar-refractivity contribution >= 4 is 11.9 Å². The first-order valence-corrected chi connectivity index (χ1v) is 8.75. The molecular weight excluding hydrogens is 322 g/mol. The predicted octanol–water partition coefficient (Wildman–Crippen LogP) is 2.11. The highest BCUT2D eigenvalue weighted by Gasteiger charge is 2.30. The zero-order chi connectivity index (χ0) is 18.2. The summed E-state index contributed by atoms with van der Waals surface area (Å²) in [5.74, 6) is -1.36. The molecule has 1 N–H and O–H groups in total. The van der Waals surface area contributed by atoms with Crippen molar-refractivity contribution in [2.75, 3.05) is 20.3 Å². The van der Waals surface area contributed by atoms with Crippen LogP contribution in [-0.4, -0.2) is 60.4 Å². The first-order chi connectivity index (χ1) is 12.0. The van der Waals surface area contributed by atoms with Crippen molar-refractivity contribution in [3.05, 3.63) is 35.9 Å². The van der Waals surface area contributed by atoms with Crippen LogP contribution in [0.3, 0.4) is 0 Å². The topological polar surface area (TPSA) is 76.1 Å². The molecule has 6 nitrogen and oxygen atoms in total. The summed E-state index contributed by atoms with van der Waals surface area (Å²) in [5.41, 5.74) is 0.874. The first-order valence-electron chi connectivity index (χ1n) is 8.75. The molecule has 1 saturated heterocycles. The number of carboxylic acid groups (broad SMARTS) is 1. The normalized spacial score (nSPS) is 19.8. The molecule has 1 amide bonds. The zero-order valence-corrected chi connectivity index (χ0v) is 14.9. The van der Waals surface area contributed by atoms with Gasteiger partial charge in [-0.3, -0.25) is 4.79 Å². The van der Waals surface area contributed by atoms with Gasteiger partial charge in [-0.2, -0.15) is 0 Å². The van der Waals surface area contributed by atoms with E-state index in [4.69, 9.17) is 9.47 Å². The number of hydrogen-bond acceptors (Lipinski definition) is 4. The van der Waals surface area contributed by atoms with E-state index < -0.39 is 18.1 Å². The molecule has 2 rings (SSSR count). The highest BCUT2D eigenvalue weighted by Crippen LogP contribution is 2.15. The van der Waals surface area contributed by atoms with Gasteiger partial charge in [0, 0.05) is 20.1 Å². The number of carboxylic acids is 1. The second-order valence-corrected chi connectivity index (χ2v) is 6.46. The first kappa shape index (κ1) is 19.4. The Morgan fingerprint density at radius 1 is 1.32 bits per heavy atom. The molecule has 1 heterocycles. The van der Waals surface area contributed by atoms with Crippen LogP contribution in [0.2, 0.25) is 0 Å². The van der Waals surface area contributed by atoms with Crippen LogP contribution < -0.4 is 0 Å². The van der Waals surface area contributed by atoms with E-state index in [1.54, 1.807) is 6.92 Å². The van der Waals surface area contributed by atoms with Crippen LogP contribution in [0.15, 0.2) is 30.3 Å². The van der Waals surface area contributed by atoms with E-state index in [0.29, 0.717) is 6.61 Å².